The molecular formula is C12H24O4. The largest absolute Gasteiger partial charge is 0.396 e. The highest BCUT2D eigenvalue weighted by atomic mass is 16.5. The Hall–Kier alpha value is -0.160. The zero-order chi connectivity index (χ0) is 11.6. The number of rotatable bonds is 8. The lowest BCUT2D eigenvalue weighted by Gasteiger charge is -2.23. The van der Waals surface area contributed by atoms with Gasteiger partial charge in [0.15, 0.2) is 0 Å². The molecule has 1 aliphatic rings. The van der Waals surface area contributed by atoms with Gasteiger partial charge in [-0.25, -0.2) is 0 Å². The van der Waals surface area contributed by atoms with E-state index < -0.39 is 0 Å². The second-order valence-corrected chi connectivity index (χ2v) is 4.29. The first-order valence-corrected chi connectivity index (χ1v) is 6.31. The SMILES string of the molecule is OCCC(CCO)OCCC1CCCCO1. The Labute approximate surface area is 97.6 Å². The van der Waals surface area contributed by atoms with Crippen molar-refractivity contribution in [2.45, 2.75) is 50.7 Å². The van der Waals surface area contributed by atoms with Crippen LogP contribution in [-0.2, 0) is 9.47 Å². The van der Waals surface area contributed by atoms with Gasteiger partial charge in [0.25, 0.3) is 0 Å². The van der Waals surface area contributed by atoms with Gasteiger partial charge in [-0.15, -0.1) is 0 Å². The van der Waals surface area contributed by atoms with E-state index in [4.69, 9.17) is 19.7 Å². The highest BCUT2D eigenvalue weighted by Crippen LogP contribution is 2.16. The first-order chi connectivity index (χ1) is 7.86. The van der Waals surface area contributed by atoms with Crippen molar-refractivity contribution in [2.75, 3.05) is 26.4 Å². The van der Waals surface area contributed by atoms with Gasteiger partial charge in [0.1, 0.15) is 0 Å². The van der Waals surface area contributed by atoms with E-state index in [2.05, 4.69) is 0 Å². The van der Waals surface area contributed by atoms with Crippen LogP contribution in [-0.4, -0.2) is 48.8 Å². The second-order valence-electron chi connectivity index (χ2n) is 4.29. The minimum atomic E-state index is -0.0152. The van der Waals surface area contributed by atoms with Crippen LogP contribution in [0.5, 0.6) is 0 Å². The Morgan fingerprint density at radius 2 is 1.94 bits per heavy atom. The average molecular weight is 232 g/mol. The molecule has 0 aromatic carbocycles. The van der Waals surface area contributed by atoms with E-state index in [1.54, 1.807) is 0 Å². The minimum absolute atomic E-state index is 0.0152. The zero-order valence-corrected chi connectivity index (χ0v) is 9.94. The van der Waals surface area contributed by atoms with E-state index in [9.17, 15) is 0 Å². The normalized spacial score (nSPS) is 21.6. The lowest BCUT2D eigenvalue weighted by Crippen LogP contribution is -2.23. The monoisotopic (exact) mass is 232 g/mol. The number of hydrogen-bond acceptors (Lipinski definition) is 4. The molecule has 0 radical (unpaired) electrons. The Kier molecular flexibility index (Phi) is 7.76. The molecule has 1 aliphatic heterocycles. The Morgan fingerprint density at radius 1 is 1.19 bits per heavy atom. The van der Waals surface area contributed by atoms with E-state index in [1.807, 2.05) is 0 Å². The fourth-order valence-corrected chi connectivity index (χ4v) is 2.00. The van der Waals surface area contributed by atoms with Gasteiger partial charge in [0, 0.05) is 26.4 Å². The molecular weight excluding hydrogens is 208 g/mol. The van der Waals surface area contributed by atoms with Crippen molar-refractivity contribution in [2.24, 2.45) is 0 Å². The summed E-state index contributed by atoms with van der Waals surface area (Å²) in [6, 6.07) is 0. The second kappa shape index (κ2) is 8.93. The third-order valence-electron chi connectivity index (χ3n) is 2.97. The van der Waals surface area contributed by atoms with Crippen LogP contribution >= 0.6 is 0 Å². The molecule has 0 aliphatic carbocycles. The molecule has 96 valence electrons. The van der Waals surface area contributed by atoms with Gasteiger partial charge in [0.2, 0.25) is 0 Å². The number of ether oxygens (including phenoxy) is 2. The van der Waals surface area contributed by atoms with Crippen LogP contribution in [0.1, 0.15) is 38.5 Å². The van der Waals surface area contributed by atoms with Gasteiger partial charge < -0.3 is 19.7 Å². The molecule has 16 heavy (non-hydrogen) atoms. The summed E-state index contributed by atoms with van der Waals surface area (Å²) >= 11 is 0. The van der Waals surface area contributed by atoms with E-state index in [0.717, 1.165) is 19.4 Å². The highest BCUT2D eigenvalue weighted by molar-refractivity contribution is 4.64. The smallest absolute Gasteiger partial charge is 0.0618 e. The third-order valence-corrected chi connectivity index (χ3v) is 2.97. The molecule has 4 heteroatoms. The topological polar surface area (TPSA) is 58.9 Å². The van der Waals surface area contributed by atoms with Gasteiger partial charge in [-0.2, -0.15) is 0 Å². The third kappa shape index (κ3) is 5.80. The molecule has 0 amide bonds. The molecule has 0 aromatic heterocycles. The summed E-state index contributed by atoms with van der Waals surface area (Å²) in [5, 5.41) is 17.7. The summed E-state index contributed by atoms with van der Waals surface area (Å²) in [5.41, 5.74) is 0. The lowest BCUT2D eigenvalue weighted by atomic mass is 10.1. The zero-order valence-electron chi connectivity index (χ0n) is 9.94. The fraction of sp³-hybridized carbons (Fsp3) is 1.00. The van der Waals surface area contributed by atoms with Gasteiger partial charge in [-0.05, 0) is 38.5 Å². The van der Waals surface area contributed by atoms with Crippen LogP contribution in [0, 0.1) is 0 Å². The molecule has 1 atom stereocenters. The molecule has 1 unspecified atom stereocenters. The number of aliphatic hydroxyl groups excluding tert-OH is 2. The number of hydrogen-bond donors (Lipinski definition) is 2. The lowest BCUT2D eigenvalue weighted by molar-refractivity contribution is -0.0304. The average Bonchev–Trinajstić information content (AvgIpc) is 2.31. The van der Waals surface area contributed by atoms with Crippen LogP contribution < -0.4 is 0 Å². The van der Waals surface area contributed by atoms with Crippen molar-refractivity contribution in [3.05, 3.63) is 0 Å². The predicted molar refractivity (Wildman–Crippen MR) is 61.4 cm³/mol. The van der Waals surface area contributed by atoms with Gasteiger partial charge >= 0.3 is 0 Å². The van der Waals surface area contributed by atoms with Crippen LogP contribution in [0.2, 0.25) is 0 Å². The van der Waals surface area contributed by atoms with E-state index in [1.165, 1.54) is 12.8 Å². The molecule has 1 heterocycles. The molecule has 2 N–H and O–H groups in total. The molecule has 0 aromatic rings. The summed E-state index contributed by atoms with van der Waals surface area (Å²) in [4.78, 5) is 0. The van der Waals surface area contributed by atoms with Crippen LogP contribution in [0.4, 0.5) is 0 Å². The fourth-order valence-electron chi connectivity index (χ4n) is 2.00. The first kappa shape index (κ1) is 13.9. The van der Waals surface area contributed by atoms with Crippen molar-refractivity contribution >= 4 is 0 Å². The molecule has 4 nitrogen and oxygen atoms in total. The van der Waals surface area contributed by atoms with Crippen molar-refractivity contribution < 1.29 is 19.7 Å². The summed E-state index contributed by atoms with van der Waals surface area (Å²) in [6.45, 7) is 1.77. The van der Waals surface area contributed by atoms with Gasteiger partial charge in [0.05, 0.1) is 12.2 Å². The van der Waals surface area contributed by atoms with Crippen molar-refractivity contribution in [3.8, 4) is 0 Å². The quantitative estimate of drug-likeness (QED) is 0.658. The molecule has 0 bridgehead atoms. The molecule has 0 saturated carbocycles. The maximum atomic E-state index is 8.83. The summed E-state index contributed by atoms with van der Waals surface area (Å²) < 4.78 is 11.2. The van der Waals surface area contributed by atoms with Crippen LogP contribution in [0.25, 0.3) is 0 Å². The Bertz CT molecular complexity index is 151. The van der Waals surface area contributed by atoms with Gasteiger partial charge in [-0.3, -0.25) is 0 Å². The van der Waals surface area contributed by atoms with E-state index in [-0.39, 0.29) is 19.3 Å². The molecule has 0 spiro atoms. The van der Waals surface area contributed by atoms with Crippen LogP contribution in [0.3, 0.4) is 0 Å². The van der Waals surface area contributed by atoms with E-state index in [0.29, 0.717) is 25.6 Å². The maximum absolute atomic E-state index is 8.83. The summed E-state index contributed by atoms with van der Waals surface area (Å²) in [7, 11) is 0. The Balaban J connectivity index is 2.06. The molecule has 1 fully saturated rings. The number of aliphatic hydroxyl groups is 2. The van der Waals surface area contributed by atoms with Crippen molar-refractivity contribution in [3.63, 3.8) is 0 Å². The van der Waals surface area contributed by atoms with Crippen molar-refractivity contribution in [1.82, 2.24) is 0 Å². The highest BCUT2D eigenvalue weighted by Gasteiger charge is 2.14. The Morgan fingerprint density at radius 3 is 2.50 bits per heavy atom. The minimum Gasteiger partial charge on any atom is -0.396 e. The standard InChI is InChI=1S/C12H24O4/c13-7-4-12(5-8-14)16-10-6-11-3-1-2-9-15-11/h11-14H,1-10H2. The van der Waals surface area contributed by atoms with E-state index >= 15 is 0 Å². The molecule has 1 saturated heterocycles. The summed E-state index contributed by atoms with van der Waals surface area (Å²) in [5.74, 6) is 0. The van der Waals surface area contributed by atoms with Crippen LogP contribution in [0.15, 0.2) is 0 Å². The summed E-state index contributed by atoms with van der Waals surface area (Å²) in [6.07, 6.45) is 6.02. The van der Waals surface area contributed by atoms with Crippen molar-refractivity contribution in [1.29, 1.82) is 0 Å². The van der Waals surface area contributed by atoms with Gasteiger partial charge in [-0.1, -0.05) is 0 Å². The predicted octanol–water partition coefficient (Wildman–Crippen LogP) is 1.10. The molecule has 1 rings (SSSR count). The maximum Gasteiger partial charge on any atom is 0.0618 e. The first-order valence-electron chi connectivity index (χ1n) is 6.31.